The van der Waals surface area contributed by atoms with Crippen LogP contribution in [0, 0.1) is 6.92 Å². The summed E-state index contributed by atoms with van der Waals surface area (Å²) in [6.07, 6.45) is 0. The maximum atomic E-state index is 12.4. The van der Waals surface area contributed by atoms with Crippen LogP contribution in [0.5, 0.6) is 0 Å². The predicted octanol–water partition coefficient (Wildman–Crippen LogP) is 3.90. The summed E-state index contributed by atoms with van der Waals surface area (Å²) in [6, 6.07) is 13.9. The number of ether oxygens (including phenoxy) is 1. The molecular weight excluding hydrogens is 436 g/mol. The van der Waals surface area contributed by atoms with Gasteiger partial charge < -0.3 is 9.26 Å². The summed E-state index contributed by atoms with van der Waals surface area (Å²) in [5, 5.41) is 3.71. The first-order chi connectivity index (χ1) is 12.8. The van der Waals surface area contributed by atoms with Gasteiger partial charge in [-0.3, -0.25) is 4.72 Å². The maximum Gasteiger partial charge on any atom is 0.338 e. The summed E-state index contributed by atoms with van der Waals surface area (Å²) in [4.78, 5) is 12.2. The maximum absolute atomic E-state index is 12.4. The Morgan fingerprint density at radius 2 is 1.81 bits per heavy atom. The van der Waals surface area contributed by atoms with Crippen molar-refractivity contribution in [2.75, 3.05) is 4.72 Å². The molecule has 0 aliphatic carbocycles. The van der Waals surface area contributed by atoms with Crippen molar-refractivity contribution < 1.29 is 22.5 Å². The lowest BCUT2D eigenvalue weighted by atomic mass is 10.2. The topological polar surface area (TPSA) is 98.5 Å². The summed E-state index contributed by atoms with van der Waals surface area (Å²) in [5.74, 6) is -0.105. The molecule has 0 aliphatic heterocycles. The second-order valence-electron chi connectivity index (χ2n) is 5.65. The number of esters is 1. The summed E-state index contributed by atoms with van der Waals surface area (Å²) in [5.41, 5.74) is 1.32. The van der Waals surface area contributed by atoms with E-state index in [1.54, 1.807) is 25.1 Å². The van der Waals surface area contributed by atoms with E-state index in [2.05, 4.69) is 25.8 Å². The van der Waals surface area contributed by atoms with Gasteiger partial charge in [0.1, 0.15) is 0 Å². The molecule has 0 saturated carbocycles. The normalized spacial score (nSPS) is 11.2. The molecule has 3 aromatic rings. The number of nitrogens with one attached hydrogen (secondary N) is 1. The Morgan fingerprint density at radius 3 is 2.41 bits per heavy atom. The lowest BCUT2D eigenvalue weighted by molar-refractivity contribution is 0.0437. The van der Waals surface area contributed by atoms with E-state index in [0.29, 0.717) is 17.1 Å². The van der Waals surface area contributed by atoms with Gasteiger partial charge in [0.25, 0.3) is 10.0 Å². The van der Waals surface area contributed by atoms with Crippen LogP contribution in [-0.2, 0) is 21.4 Å². The van der Waals surface area contributed by atoms with E-state index in [9.17, 15) is 13.2 Å². The lowest BCUT2D eigenvalue weighted by Crippen LogP contribution is -2.13. The Balaban J connectivity index is 1.64. The molecule has 1 aromatic heterocycles. The minimum Gasteiger partial charge on any atom is -0.454 e. The third kappa shape index (κ3) is 4.95. The van der Waals surface area contributed by atoms with Crippen LogP contribution < -0.4 is 4.72 Å². The SMILES string of the molecule is Cc1cc(COC(=O)c2ccc(NS(=O)(=O)c3ccc(Br)cc3)cc2)on1. The molecule has 0 unspecified atom stereocenters. The van der Waals surface area contributed by atoms with Crippen LogP contribution in [0.3, 0.4) is 0 Å². The molecule has 0 amide bonds. The number of benzene rings is 2. The molecule has 3 rings (SSSR count). The quantitative estimate of drug-likeness (QED) is 0.571. The fraction of sp³-hybridized carbons (Fsp3) is 0.111. The van der Waals surface area contributed by atoms with Crippen LogP contribution in [0.2, 0.25) is 0 Å². The summed E-state index contributed by atoms with van der Waals surface area (Å²) < 4.78 is 38.1. The lowest BCUT2D eigenvalue weighted by Gasteiger charge is -2.09. The van der Waals surface area contributed by atoms with E-state index in [-0.39, 0.29) is 17.1 Å². The number of anilines is 1. The van der Waals surface area contributed by atoms with Crippen molar-refractivity contribution in [2.24, 2.45) is 0 Å². The number of rotatable bonds is 6. The average Bonchev–Trinajstić information content (AvgIpc) is 3.06. The summed E-state index contributed by atoms with van der Waals surface area (Å²) in [6.45, 7) is 1.74. The van der Waals surface area contributed by atoms with E-state index >= 15 is 0 Å². The van der Waals surface area contributed by atoms with Crippen LogP contribution in [0.25, 0.3) is 0 Å². The molecule has 0 radical (unpaired) electrons. The van der Waals surface area contributed by atoms with Crippen molar-refractivity contribution in [3.63, 3.8) is 0 Å². The molecular formula is C18H15BrN2O5S. The number of sulfonamides is 1. The van der Waals surface area contributed by atoms with Crippen molar-refractivity contribution in [2.45, 2.75) is 18.4 Å². The van der Waals surface area contributed by atoms with Crippen molar-refractivity contribution >= 4 is 37.6 Å². The number of halogens is 1. The number of aryl methyl sites for hydroxylation is 1. The molecule has 140 valence electrons. The monoisotopic (exact) mass is 450 g/mol. The fourth-order valence-corrected chi connectivity index (χ4v) is 3.53. The molecule has 0 saturated heterocycles. The highest BCUT2D eigenvalue weighted by molar-refractivity contribution is 9.10. The number of carbonyl (C=O) groups is 1. The van der Waals surface area contributed by atoms with E-state index in [0.717, 1.165) is 4.47 Å². The molecule has 0 bridgehead atoms. The van der Waals surface area contributed by atoms with Crippen molar-refractivity contribution in [1.29, 1.82) is 0 Å². The van der Waals surface area contributed by atoms with Crippen LogP contribution in [0.1, 0.15) is 21.8 Å². The molecule has 2 aromatic carbocycles. The fourth-order valence-electron chi connectivity index (χ4n) is 2.21. The minimum absolute atomic E-state index is 0.0301. The Bertz CT molecular complexity index is 1040. The van der Waals surface area contributed by atoms with Gasteiger partial charge in [0.05, 0.1) is 16.2 Å². The number of hydrogen-bond donors (Lipinski definition) is 1. The Hall–Kier alpha value is -2.65. The highest BCUT2D eigenvalue weighted by Crippen LogP contribution is 2.19. The predicted molar refractivity (Wildman–Crippen MR) is 102 cm³/mol. The smallest absolute Gasteiger partial charge is 0.338 e. The zero-order valence-electron chi connectivity index (χ0n) is 14.2. The molecule has 0 atom stereocenters. The zero-order chi connectivity index (χ0) is 19.4. The molecule has 9 heteroatoms. The van der Waals surface area contributed by atoms with E-state index in [4.69, 9.17) is 9.26 Å². The van der Waals surface area contributed by atoms with E-state index < -0.39 is 16.0 Å². The van der Waals surface area contributed by atoms with Gasteiger partial charge >= 0.3 is 5.97 Å². The summed E-state index contributed by atoms with van der Waals surface area (Å²) >= 11 is 3.26. The largest absolute Gasteiger partial charge is 0.454 e. The molecule has 7 nitrogen and oxygen atoms in total. The van der Waals surface area contributed by atoms with Crippen molar-refractivity contribution in [3.8, 4) is 0 Å². The van der Waals surface area contributed by atoms with Gasteiger partial charge in [0, 0.05) is 16.2 Å². The molecule has 1 heterocycles. The van der Waals surface area contributed by atoms with Crippen molar-refractivity contribution in [1.82, 2.24) is 5.16 Å². The van der Waals surface area contributed by atoms with E-state index in [1.807, 2.05) is 0 Å². The second kappa shape index (κ2) is 7.93. The Kier molecular flexibility index (Phi) is 5.62. The Morgan fingerprint density at radius 1 is 1.15 bits per heavy atom. The van der Waals surface area contributed by atoms with Gasteiger partial charge in [-0.2, -0.15) is 0 Å². The van der Waals surface area contributed by atoms with Crippen LogP contribution in [0.4, 0.5) is 5.69 Å². The summed E-state index contributed by atoms with van der Waals surface area (Å²) in [7, 11) is -3.71. The molecule has 0 aliphatic rings. The number of aromatic nitrogens is 1. The third-order valence-electron chi connectivity index (χ3n) is 3.52. The second-order valence-corrected chi connectivity index (χ2v) is 8.25. The van der Waals surface area contributed by atoms with Gasteiger partial charge in [-0.05, 0) is 55.5 Å². The number of hydrogen-bond acceptors (Lipinski definition) is 6. The van der Waals surface area contributed by atoms with Gasteiger partial charge in [-0.25, -0.2) is 13.2 Å². The zero-order valence-corrected chi connectivity index (χ0v) is 16.6. The number of nitrogens with zero attached hydrogens (tertiary/aromatic N) is 1. The van der Waals surface area contributed by atoms with Crippen LogP contribution in [-0.4, -0.2) is 19.5 Å². The molecule has 27 heavy (non-hydrogen) atoms. The molecule has 0 fully saturated rings. The van der Waals surface area contributed by atoms with Crippen LogP contribution in [0.15, 0.2) is 68.5 Å². The van der Waals surface area contributed by atoms with Gasteiger partial charge in [0.2, 0.25) is 0 Å². The van der Waals surface area contributed by atoms with Gasteiger partial charge in [-0.15, -0.1) is 0 Å². The van der Waals surface area contributed by atoms with Crippen LogP contribution >= 0.6 is 15.9 Å². The highest BCUT2D eigenvalue weighted by Gasteiger charge is 2.15. The first-order valence-electron chi connectivity index (χ1n) is 7.81. The highest BCUT2D eigenvalue weighted by atomic mass is 79.9. The van der Waals surface area contributed by atoms with E-state index in [1.165, 1.54) is 36.4 Å². The minimum atomic E-state index is -3.71. The van der Waals surface area contributed by atoms with Gasteiger partial charge in [0.15, 0.2) is 12.4 Å². The first-order valence-corrected chi connectivity index (χ1v) is 10.1. The molecule has 0 spiro atoms. The van der Waals surface area contributed by atoms with Crippen molar-refractivity contribution in [3.05, 3.63) is 76.1 Å². The number of carbonyl (C=O) groups excluding carboxylic acids is 1. The average molecular weight is 451 g/mol. The standard InChI is InChI=1S/C18H15BrN2O5S/c1-12-10-16(26-20-12)11-25-18(22)13-2-6-15(7-3-13)21-27(23,24)17-8-4-14(19)5-9-17/h2-10,21H,11H2,1H3. The molecule has 1 N–H and O–H groups in total. The van der Waals surface area contributed by atoms with Gasteiger partial charge in [-0.1, -0.05) is 21.1 Å². The first kappa shape index (κ1) is 19.1. The third-order valence-corrected chi connectivity index (χ3v) is 5.44. The Labute approximate surface area is 164 Å².